The van der Waals surface area contributed by atoms with E-state index in [1.165, 1.54) is 6.07 Å². The monoisotopic (exact) mass is 479 g/mol. The molecule has 36 heavy (non-hydrogen) atoms. The van der Waals surface area contributed by atoms with Crippen molar-refractivity contribution in [1.29, 1.82) is 0 Å². The number of benzene rings is 4. The van der Waals surface area contributed by atoms with Crippen molar-refractivity contribution in [2.75, 3.05) is 0 Å². The first-order chi connectivity index (χ1) is 17.6. The average Bonchev–Trinajstić information content (AvgIpc) is 2.91. The van der Waals surface area contributed by atoms with Gasteiger partial charge < -0.3 is 19.2 Å². The minimum Gasteiger partial charge on any atom is -0.445 e. The molecule has 0 aliphatic rings. The number of amides is 1. The minimum absolute atomic E-state index is 0.0564. The summed E-state index contributed by atoms with van der Waals surface area (Å²) in [6, 6.07) is 28.8. The molecule has 1 heterocycles. The number of fused-ring (bicyclic) bond motifs is 3. The van der Waals surface area contributed by atoms with E-state index in [4.69, 9.17) is 13.9 Å². The predicted molar refractivity (Wildman–Crippen MR) is 135 cm³/mol. The lowest BCUT2D eigenvalue weighted by Crippen LogP contribution is -2.36. The summed E-state index contributed by atoms with van der Waals surface area (Å²) in [5.41, 5.74) is 1.15. The van der Waals surface area contributed by atoms with Crippen LogP contribution in [0.25, 0.3) is 21.7 Å². The zero-order valence-electron chi connectivity index (χ0n) is 19.0. The Morgan fingerprint density at radius 1 is 0.778 bits per heavy atom. The van der Waals surface area contributed by atoms with Crippen molar-refractivity contribution < 1.29 is 23.5 Å². The van der Waals surface area contributed by atoms with Gasteiger partial charge in [0.05, 0.1) is 5.39 Å². The number of esters is 1. The molecule has 4 aromatic carbocycles. The van der Waals surface area contributed by atoms with Crippen LogP contribution in [-0.4, -0.2) is 12.1 Å². The molecule has 0 spiro atoms. The number of alkyl carbamates (subject to hydrolysis) is 1. The largest absolute Gasteiger partial charge is 0.445 e. The lowest BCUT2D eigenvalue weighted by Gasteiger charge is -2.18. The molecule has 1 amide bonds. The van der Waals surface area contributed by atoms with Crippen molar-refractivity contribution in [3.8, 4) is 5.75 Å². The maximum atomic E-state index is 13.2. The van der Waals surface area contributed by atoms with E-state index >= 15 is 0 Å². The Kier molecular flexibility index (Phi) is 6.44. The molecule has 1 N–H and O–H groups in total. The van der Waals surface area contributed by atoms with Gasteiger partial charge in [0.2, 0.25) is 0 Å². The molecule has 1 aromatic heterocycles. The van der Waals surface area contributed by atoms with Gasteiger partial charge in [0, 0.05) is 11.5 Å². The van der Waals surface area contributed by atoms with Gasteiger partial charge in [0.15, 0.2) is 6.04 Å². The Labute approximate surface area is 205 Å². The summed E-state index contributed by atoms with van der Waals surface area (Å²) >= 11 is 0. The van der Waals surface area contributed by atoms with E-state index in [1.54, 1.807) is 54.6 Å². The molecule has 0 aliphatic carbocycles. The van der Waals surface area contributed by atoms with Crippen molar-refractivity contribution in [2.45, 2.75) is 12.6 Å². The van der Waals surface area contributed by atoms with Crippen LogP contribution in [0.1, 0.15) is 17.2 Å². The molecule has 0 unspecified atom stereocenters. The van der Waals surface area contributed by atoms with E-state index in [2.05, 4.69) is 5.32 Å². The summed E-state index contributed by atoms with van der Waals surface area (Å²) in [5.74, 6) is -0.549. The minimum atomic E-state index is -1.12. The molecule has 7 heteroatoms. The van der Waals surface area contributed by atoms with Crippen molar-refractivity contribution in [3.63, 3.8) is 0 Å². The Morgan fingerprint density at radius 3 is 2.19 bits per heavy atom. The first-order valence-electron chi connectivity index (χ1n) is 11.3. The fourth-order valence-electron chi connectivity index (χ4n) is 3.91. The van der Waals surface area contributed by atoms with Gasteiger partial charge in [0.25, 0.3) is 0 Å². The summed E-state index contributed by atoms with van der Waals surface area (Å²) in [4.78, 5) is 38.0. The number of hydrogen-bond acceptors (Lipinski definition) is 6. The quantitative estimate of drug-likeness (QED) is 0.149. The lowest BCUT2D eigenvalue weighted by atomic mass is 10.1. The highest BCUT2D eigenvalue weighted by molar-refractivity contribution is 6.04. The highest BCUT2D eigenvalue weighted by atomic mass is 16.6. The van der Waals surface area contributed by atoms with Crippen LogP contribution < -0.4 is 15.7 Å². The number of hydrogen-bond donors (Lipinski definition) is 1. The topological polar surface area (TPSA) is 94.8 Å². The highest BCUT2D eigenvalue weighted by Crippen LogP contribution is 2.27. The summed E-state index contributed by atoms with van der Waals surface area (Å²) in [7, 11) is 0. The van der Waals surface area contributed by atoms with Crippen LogP contribution in [0.15, 0.2) is 112 Å². The molecule has 7 nitrogen and oxygen atoms in total. The van der Waals surface area contributed by atoms with Gasteiger partial charge >= 0.3 is 17.7 Å². The van der Waals surface area contributed by atoms with E-state index in [0.717, 1.165) is 10.9 Å². The highest BCUT2D eigenvalue weighted by Gasteiger charge is 2.26. The molecular weight excluding hydrogens is 458 g/mol. The van der Waals surface area contributed by atoms with E-state index in [9.17, 15) is 14.4 Å². The molecule has 0 radical (unpaired) electrons. The maximum absolute atomic E-state index is 13.2. The second-order valence-electron chi connectivity index (χ2n) is 8.06. The van der Waals surface area contributed by atoms with Crippen LogP contribution in [0.5, 0.6) is 5.75 Å². The average molecular weight is 479 g/mol. The van der Waals surface area contributed by atoms with Gasteiger partial charge in [-0.05, 0) is 34.7 Å². The van der Waals surface area contributed by atoms with Crippen molar-refractivity contribution in [1.82, 2.24) is 5.32 Å². The van der Waals surface area contributed by atoms with Crippen LogP contribution in [0, 0.1) is 0 Å². The second kappa shape index (κ2) is 10.1. The van der Waals surface area contributed by atoms with Crippen molar-refractivity contribution in [3.05, 3.63) is 125 Å². The van der Waals surface area contributed by atoms with Gasteiger partial charge in [0.1, 0.15) is 17.9 Å². The molecule has 178 valence electrons. The van der Waals surface area contributed by atoms with E-state index in [-0.39, 0.29) is 17.9 Å². The fourth-order valence-corrected chi connectivity index (χ4v) is 3.91. The standard InChI is InChI=1S/C29H21NO6/c31-27-24-14-8-7-13-22(24)23-16-15-21(17-25(23)36-27)35-28(32)26(20-11-5-2-6-12-20)30-29(33)34-18-19-9-3-1-4-10-19/h1-17,26H,18H2,(H,30,33)/t26-/m0/s1. The number of nitrogens with one attached hydrogen (secondary N) is 1. The second-order valence-corrected chi connectivity index (χ2v) is 8.06. The zero-order chi connectivity index (χ0) is 24.9. The third-order valence-corrected chi connectivity index (χ3v) is 5.65. The number of carbonyl (C=O) groups excluding carboxylic acids is 2. The van der Waals surface area contributed by atoms with Crippen LogP contribution in [0.2, 0.25) is 0 Å². The fraction of sp³-hybridized carbons (Fsp3) is 0.0690. The summed E-state index contributed by atoms with van der Waals surface area (Å²) in [6.07, 6.45) is -0.763. The Balaban J connectivity index is 1.37. The normalized spacial score (nSPS) is 11.7. The molecule has 5 rings (SSSR count). The SMILES string of the molecule is O=C(N[C@H](C(=O)Oc1ccc2c(c1)oc(=O)c1ccccc12)c1ccccc1)OCc1ccccc1. The van der Waals surface area contributed by atoms with E-state index < -0.39 is 23.7 Å². The van der Waals surface area contributed by atoms with Crippen LogP contribution in [0.3, 0.4) is 0 Å². The van der Waals surface area contributed by atoms with Gasteiger partial charge in [-0.25, -0.2) is 14.4 Å². The van der Waals surface area contributed by atoms with E-state index in [1.807, 2.05) is 42.5 Å². The Bertz CT molecular complexity index is 1590. The number of ether oxygens (including phenoxy) is 2. The van der Waals surface area contributed by atoms with Crippen molar-refractivity contribution in [2.24, 2.45) is 0 Å². The van der Waals surface area contributed by atoms with Gasteiger partial charge in [-0.15, -0.1) is 0 Å². The first-order valence-corrected chi connectivity index (χ1v) is 11.3. The molecule has 0 fully saturated rings. The van der Waals surface area contributed by atoms with Gasteiger partial charge in [-0.2, -0.15) is 0 Å². The summed E-state index contributed by atoms with van der Waals surface area (Å²) < 4.78 is 16.3. The first kappa shape index (κ1) is 22.9. The van der Waals surface area contributed by atoms with Crippen molar-refractivity contribution >= 4 is 33.8 Å². The molecule has 1 atom stereocenters. The van der Waals surface area contributed by atoms with Crippen LogP contribution >= 0.6 is 0 Å². The van der Waals surface area contributed by atoms with E-state index in [0.29, 0.717) is 16.3 Å². The number of rotatable bonds is 6. The van der Waals surface area contributed by atoms with Crippen LogP contribution in [-0.2, 0) is 16.1 Å². The summed E-state index contributed by atoms with van der Waals surface area (Å²) in [6.45, 7) is 0.0564. The Morgan fingerprint density at radius 2 is 1.44 bits per heavy atom. The molecule has 0 saturated heterocycles. The molecular formula is C29H21NO6. The molecule has 0 aliphatic heterocycles. The van der Waals surface area contributed by atoms with Gasteiger partial charge in [-0.1, -0.05) is 78.9 Å². The molecule has 0 saturated carbocycles. The van der Waals surface area contributed by atoms with Crippen LogP contribution in [0.4, 0.5) is 4.79 Å². The van der Waals surface area contributed by atoms with Gasteiger partial charge in [-0.3, -0.25) is 0 Å². The lowest BCUT2D eigenvalue weighted by molar-refractivity contribution is -0.136. The third-order valence-electron chi connectivity index (χ3n) is 5.65. The third kappa shape index (κ3) is 4.95. The smallest absolute Gasteiger partial charge is 0.408 e. The predicted octanol–water partition coefficient (Wildman–Crippen LogP) is 5.52. The molecule has 5 aromatic rings. The zero-order valence-corrected chi connectivity index (χ0v) is 19.0. The number of carbonyl (C=O) groups is 2. The summed E-state index contributed by atoms with van der Waals surface area (Å²) in [5, 5.41) is 4.51. The maximum Gasteiger partial charge on any atom is 0.408 e. The Hall–Kier alpha value is -4.91. The molecule has 0 bridgehead atoms.